The van der Waals surface area contributed by atoms with Gasteiger partial charge < -0.3 is 10.5 Å². The van der Waals surface area contributed by atoms with E-state index in [1.807, 2.05) is 32.0 Å². The molecule has 0 unspecified atom stereocenters. The molecule has 2 aromatic rings. The summed E-state index contributed by atoms with van der Waals surface area (Å²) < 4.78 is 5.15. The second-order valence-corrected chi connectivity index (χ2v) is 6.71. The van der Waals surface area contributed by atoms with Crippen molar-refractivity contribution < 1.29 is 9.53 Å². The Morgan fingerprint density at radius 1 is 1.08 bits per heavy atom. The predicted molar refractivity (Wildman–Crippen MR) is 102 cm³/mol. The maximum absolute atomic E-state index is 12.3. The maximum atomic E-state index is 12.3. The molecule has 0 saturated heterocycles. The second kappa shape index (κ2) is 8.79. The molecule has 0 aromatic heterocycles. The molecule has 0 fully saturated rings. The average molecular weight is 340 g/mol. The van der Waals surface area contributed by atoms with Crippen LogP contribution in [0.1, 0.15) is 32.8 Å². The first-order valence-corrected chi connectivity index (χ1v) is 8.80. The van der Waals surface area contributed by atoms with E-state index in [1.165, 1.54) is 5.56 Å². The number of rotatable bonds is 8. The summed E-state index contributed by atoms with van der Waals surface area (Å²) in [5.41, 5.74) is 8.56. The molecule has 0 aliphatic rings. The van der Waals surface area contributed by atoms with Crippen LogP contribution >= 0.6 is 0 Å². The van der Waals surface area contributed by atoms with Gasteiger partial charge in [-0.05, 0) is 36.0 Å². The van der Waals surface area contributed by atoms with E-state index in [4.69, 9.17) is 10.5 Å². The van der Waals surface area contributed by atoms with Gasteiger partial charge in [-0.3, -0.25) is 5.32 Å². The van der Waals surface area contributed by atoms with Gasteiger partial charge in [0, 0.05) is 6.54 Å². The van der Waals surface area contributed by atoms with E-state index in [1.54, 1.807) is 6.92 Å². The van der Waals surface area contributed by atoms with Gasteiger partial charge in [0.25, 0.3) is 0 Å². The topological polar surface area (TPSA) is 64.3 Å². The summed E-state index contributed by atoms with van der Waals surface area (Å²) in [5.74, 6) is -0.119. The van der Waals surface area contributed by atoms with Crippen molar-refractivity contribution in [3.63, 3.8) is 0 Å². The zero-order chi connectivity index (χ0) is 18.3. The van der Waals surface area contributed by atoms with Crippen LogP contribution in [0.25, 0.3) is 11.1 Å². The number of nitrogens with two attached hydrogens (primary N) is 1. The Labute approximate surface area is 150 Å². The third-order valence-electron chi connectivity index (χ3n) is 4.04. The van der Waals surface area contributed by atoms with E-state index < -0.39 is 11.6 Å². The molecule has 0 aliphatic heterocycles. The minimum Gasteiger partial charge on any atom is -0.464 e. The molecular formula is C21H28N2O2. The molecule has 3 N–H and O–H groups in total. The number of hydrogen-bond acceptors (Lipinski definition) is 4. The molecule has 0 radical (unpaired) electrons. The lowest BCUT2D eigenvalue weighted by Gasteiger charge is -2.30. The Morgan fingerprint density at radius 3 is 2.24 bits per heavy atom. The fourth-order valence-corrected chi connectivity index (χ4v) is 2.84. The van der Waals surface area contributed by atoms with Gasteiger partial charge in [0.15, 0.2) is 5.66 Å². The van der Waals surface area contributed by atoms with E-state index in [0.717, 1.165) is 11.1 Å². The predicted octanol–water partition coefficient (Wildman–Crippen LogP) is 3.71. The summed E-state index contributed by atoms with van der Waals surface area (Å²) in [5, 5.41) is 3.19. The SMILES string of the molecule is CCOC(=O)[C@@](N)(CC(C)C)NCc1ccc(-c2ccccc2)cc1. The summed E-state index contributed by atoms with van der Waals surface area (Å²) >= 11 is 0. The van der Waals surface area contributed by atoms with E-state index in [9.17, 15) is 4.79 Å². The summed E-state index contributed by atoms with van der Waals surface area (Å²) in [6, 6.07) is 18.5. The molecular weight excluding hydrogens is 312 g/mol. The van der Waals surface area contributed by atoms with Gasteiger partial charge in [0.2, 0.25) is 0 Å². The fraction of sp³-hybridized carbons (Fsp3) is 0.381. The number of esters is 1. The standard InChI is InChI=1S/C21H28N2O2/c1-4-25-20(24)21(22,14-16(2)3)23-15-17-10-12-19(13-11-17)18-8-6-5-7-9-18/h5-13,16,23H,4,14-15,22H2,1-3H3/t21-/m1/s1. The first kappa shape index (κ1) is 19.2. The Kier molecular flexibility index (Phi) is 6.73. The lowest BCUT2D eigenvalue weighted by molar-refractivity contribution is -0.152. The van der Waals surface area contributed by atoms with E-state index >= 15 is 0 Å². The van der Waals surface area contributed by atoms with Crippen LogP contribution in [-0.2, 0) is 16.1 Å². The second-order valence-electron chi connectivity index (χ2n) is 6.71. The molecule has 2 rings (SSSR count). The first-order chi connectivity index (χ1) is 11.9. The van der Waals surface area contributed by atoms with E-state index in [0.29, 0.717) is 19.6 Å². The molecule has 0 heterocycles. The summed E-state index contributed by atoms with van der Waals surface area (Å²) in [7, 11) is 0. The third-order valence-corrected chi connectivity index (χ3v) is 4.04. The molecule has 134 valence electrons. The van der Waals surface area contributed by atoms with Gasteiger partial charge in [-0.2, -0.15) is 0 Å². The third kappa shape index (κ3) is 5.41. The van der Waals surface area contributed by atoms with Crippen molar-refractivity contribution in [2.24, 2.45) is 11.7 Å². The highest BCUT2D eigenvalue weighted by Crippen LogP contribution is 2.20. The summed E-state index contributed by atoms with van der Waals surface area (Å²) in [6.07, 6.45) is 0.522. The molecule has 0 amide bonds. The van der Waals surface area contributed by atoms with Gasteiger partial charge in [-0.1, -0.05) is 68.4 Å². The summed E-state index contributed by atoms with van der Waals surface area (Å²) in [6.45, 7) is 6.70. The number of benzene rings is 2. The Balaban J connectivity index is 2.06. The van der Waals surface area contributed by atoms with Crippen LogP contribution < -0.4 is 11.1 Å². The van der Waals surface area contributed by atoms with Crippen molar-refractivity contribution in [1.82, 2.24) is 5.32 Å². The maximum Gasteiger partial charge on any atom is 0.341 e. The monoisotopic (exact) mass is 340 g/mol. The molecule has 4 nitrogen and oxygen atoms in total. The molecule has 1 atom stereocenters. The van der Waals surface area contributed by atoms with Crippen molar-refractivity contribution in [3.8, 4) is 11.1 Å². The Hall–Kier alpha value is -2.17. The van der Waals surface area contributed by atoms with Crippen LogP contribution in [0.2, 0.25) is 0 Å². The van der Waals surface area contributed by atoms with Crippen molar-refractivity contribution >= 4 is 5.97 Å². The van der Waals surface area contributed by atoms with Crippen LogP contribution in [0.15, 0.2) is 54.6 Å². The van der Waals surface area contributed by atoms with Gasteiger partial charge in [-0.15, -0.1) is 0 Å². The number of hydrogen-bond donors (Lipinski definition) is 2. The van der Waals surface area contributed by atoms with Crippen molar-refractivity contribution in [2.75, 3.05) is 6.61 Å². The van der Waals surface area contributed by atoms with Gasteiger partial charge >= 0.3 is 5.97 Å². The highest BCUT2D eigenvalue weighted by molar-refractivity contribution is 5.80. The minimum atomic E-state index is -1.16. The zero-order valence-electron chi connectivity index (χ0n) is 15.3. The van der Waals surface area contributed by atoms with Crippen LogP contribution in [0.4, 0.5) is 0 Å². The smallest absolute Gasteiger partial charge is 0.341 e. The van der Waals surface area contributed by atoms with Crippen LogP contribution in [0.3, 0.4) is 0 Å². The van der Waals surface area contributed by atoms with Crippen molar-refractivity contribution in [1.29, 1.82) is 0 Å². The molecule has 0 bridgehead atoms. The highest BCUT2D eigenvalue weighted by Gasteiger charge is 2.35. The normalized spacial score (nSPS) is 13.5. The first-order valence-electron chi connectivity index (χ1n) is 8.80. The summed E-state index contributed by atoms with van der Waals surface area (Å²) in [4.78, 5) is 12.3. The molecule has 4 heteroatoms. The number of carbonyl (C=O) groups is 1. The van der Waals surface area contributed by atoms with Crippen LogP contribution in [0, 0.1) is 5.92 Å². The Morgan fingerprint density at radius 2 is 1.68 bits per heavy atom. The molecule has 25 heavy (non-hydrogen) atoms. The lowest BCUT2D eigenvalue weighted by Crippen LogP contribution is -2.60. The average Bonchev–Trinajstić information content (AvgIpc) is 2.61. The van der Waals surface area contributed by atoms with Crippen LogP contribution in [0.5, 0.6) is 0 Å². The van der Waals surface area contributed by atoms with Crippen molar-refractivity contribution in [3.05, 3.63) is 60.2 Å². The number of nitrogens with one attached hydrogen (secondary N) is 1. The van der Waals surface area contributed by atoms with E-state index in [2.05, 4.69) is 41.7 Å². The zero-order valence-corrected chi connectivity index (χ0v) is 15.3. The highest BCUT2D eigenvalue weighted by atomic mass is 16.5. The fourth-order valence-electron chi connectivity index (χ4n) is 2.84. The number of ether oxygens (including phenoxy) is 1. The van der Waals surface area contributed by atoms with Gasteiger partial charge in [0.05, 0.1) is 6.61 Å². The molecule has 0 aliphatic carbocycles. The van der Waals surface area contributed by atoms with Crippen molar-refractivity contribution in [2.45, 2.75) is 39.4 Å². The quantitative estimate of drug-likeness (QED) is 0.568. The van der Waals surface area contributed by atoms with Gasteiger partial charge in [0.1, 0.15) is 0 Å². The molecule has 2 aromatic carbocycles. The molecule has 0 saturated carbocycles. The Bertz CT molecular complexity index is 668. The van der Waals surface area contributed by atoms with E-state index in [-0.39, 0.29) is 5.92 Å². The number of carbonyl (C=O) groups excluding carboxylic acids is 1. The minimum absolute atomic E-state index is 0.280. The van der Waals surface area contributed by atoms with Crippen LogP contribution in [-0.4, -0.2) is 18.2 Å². The lowest BCUT2D eigenvalue weighted by atomic mass is 9.97. The van der Waals surface area contributed by atoms with Gasteiger partial charge in [-0.25, -0.2) is 4.79 Å². The largest absolute Gasteiger partial charge is 0.464 e. The molecule has 0 spiro atoms.